The van der Waals surface area contributed by atoms with Gasteiger partial charge in [-0.2, -0.15) is 0 Å². The normalized spacial score (nSPS) is 19.8. The average molecular weight is 294 g/mol. The van der Waals surface area contributed by atoms with Gasteiger partial charge in [-0.1, -0.05) is 54.6 Å². The van der Waals surface area contributed by atoms with Gasteiger partial charge >= 0.3 is 0 Å². The highest BCUT2D eigenvalue weighted by Crippen LogP contribution is 2.30. The van der Waals surface area contributed by atoms with E-state index in [1.54, 1.807) is 6.92 Å². The van der Waals surface area contributed by atoms with Gasteiger partial charge in [0.15, 0.2) is 0 Å². The molecule has 0 spiro atoms. The number of amides is 1. The van der Waals surface area contributed by atoms with Crippen molar-refractivity contribution in [1.82, 2.24) is 5.32 Å². The van der Waals surface area contributed by atoms with E-state index in [-0.39, 0.29) is 11.9 Å². The largest absolute Gasteiger partial charge is 0.347 e. The number of fused-ring (bicyclic) bond motifs is 1. The Morgan fingerprint density at radius 3 is 2.59 bits per heavy atom. The standard InChI is InChI=1S/C19H22N2O/c1-19(20,15-10-3-2-4-11-15)18(22)21-17-13-7-9-14-8-5-6-12-16(14)17/h2-6,8,10-12,17H,7,9,13,20H2,1H3,(H,21,22). The molecule has 22 heavy (non-hydrogen) atoms. The van der Waals surface area contributed by atoms with Gasteiger partial charge in [0.1, 0.15) is 5.54 Å². The van der Waals surface area contributed by atoms with Gasteiger partial charge in [-0.05, 0) is 42.9 Å². The maximum atomic E-state index is 12.7. The number of aryl methyl sites for hydroxylation is 1. The average Bonchev–Trinajstić information content (AvgIpc) is 2.56. The first-order valence-electron chi connectivity index (χ1n) is 7.82. The van der Waals surface area contributed by atoms with Crippen LogP contribution in [0.2, 0.25) is 0 Å². The second-order valence-electron chi connectivity index (χ2n) is 6.19. The molecule has 3 N–H and O–H groups in total. The van der Waals surface area contributed by atoms with E-state index in [9.17, 15) is 4.79 Å². The van der Waals surface area contributed by atoms with Crippen LogP contribution < -0.4 is 11.1 Å². The minimum atomic E-state index is -1.02. The number of carbonyl (C=O) groups excluding carboxylic acids is 1. The van der Waals surface area contributed by atoms with Crippen molar-refractivity contribution in [3.63, 3.8) is 0 Å². The number of carbonyl (C=O) groups is 1. The second kappa shape index (κ2) is 5.93. The summed E-state index contributed by atoms with van der Waals surface area (Å²) in [7, 11) is 0. The lowest BCUT2D eigenvalue weighted by Gasteiger charge is -2.31. The third-order valence-electron chi connectivity index (χ3n) is 4.52. The van der Waals surface area contributed by atoms with Crippen LogP contribution in [-0.4, -0.2) is 5.91 Å². The summed E-state index contributed by atoms with van der Waals surface area (Å²) >= 11 is 0. The monoisotopic (exact) mass is 294 g/mol. The molecule has 1 amide bonds. The van der Waals surface area contributed by atoms with Gasteiger partial charge in [0.2, 0.25) is 5.91 Å². The van der Waals surface area contributed by atoms with Gasteiger partial charge in [-0.15, -0.1) is 0 Å². The first kappa shape index (κ1) is 14.8. The molecule has 114 valence electrons. The zero-order valence-electron chi connectivity index (χ0n) is 12.9. The number of benzene rings is 2. The van der Waals surface area contributed by atoms with Crippen LogP contribution in [0.1, 0.15) is 42.5 Å². The topological polar surface area (TPSA) is 55.1 Å². The van der Waals surface area contributed by atoms with Crippen molar-refractivity contribution < 1.29 is 4.79 Å². The molecule has 0 fully saturated rings. The van der Waals surface area contributed by atoms with E-state index in [4.69, 9.17) is 5.73 Å². The van der Waals surface area contributed by atoms with Crippen molar-refractivity contribution >= 4 is 5.91 Å². The van der Waals surface area contributed by atoms with Gasteiger partial charge in [0.25, 0.3) is 0 Å². The fourth-order valence-corrected chi connectivity index (χ4v) is 3.13. The van der Waals surface area contributed by atoms with Gasteiger partial charge in [-0.25, -0.2) is 0 Å². The first-order valence-corrected chi connectivity index (χ1v) is 7.82. The Morgan fingerprint density at radius 2 is 1.82 bits per heavy atom. The van der Waals surface area contributed by atoms with E-state index >= 15 is 0 Å². The Labute approximate surface area is 131 Å². The first-order chi connectivity index (χ1) is 10.6. The number of hydrogen-bond donors (Lipinski definition) is 2. The van der Waals surface area contributed by atoms with Crippen LogP contribution in [0.25, 0.3) is 0 Å². The summed E-state index contributed by atoms with van der Waals surface area (Å²) in [6.07, 6.45) is 3.14. The SMILES string of the molecule is CC(N)(C(=O)NC1CCCc2ccccc21)c1ccccc1. The summed E-state index contributed by atoms with van der Waals surface area (Å²) in [5.74, 6) is -0.125. The number of nitrogens with two attached hydrogens (primary N) is 1. The van der Waals surface area contributed by atoms with Crippen LogP contribution in [0.5, 0.6) is 0 Å². The smallest absolute Gasteiger partial charge is 0.244 e. The molecule has 0 aliphatic heterocycles. The molecule has 1 aliphatic carbocycles. The van der Waals surface area contributed by atoms with Crippen molar-refractivity contribution in [2.24, 2.45) is 5.73 Å². The Morgan fingerprint density at radius 1 is 1.14 bits per heavy atom. The van der Waals surface area contributed by atoms with Gasteiger partial charge < -0.3 is 11.1 Å². The van der Waals surface area contributed by atoms with Crippen molar-refractivity contribution in [3.05, 3.63) is 71.3 Å². The predicted molar refractivity (Wildman–Crippen MR) is 88.2 cm³/mol. The fraction of sp³-hybridized carbons (Fsp3) is 0.316. The van der Waals surface area contributed by atoms with Crippen molar-refractivity contribution in [2.75, 3.05) is 0 Å². The van der Waals surface area contributed by atoms with Crippen molar-refractivity contribution in [1.29, 1.82) is 0 Å². The molecule has 0 radical (unpaired) electrons. The molecule has 3 rings (SSSR count). The maximum Gasteiger partial charge on any atom is 0.244 e. The maximum absolute atomic E-state index is 12.7. The van der Waals surface area contributed by atoms with Gasteiger partial charge in [0, 0.05) is 0 Å². The van der Waals surface area contributed by atoms with E-state index in [2.05, 4.69) is 23.5 Å². The lowest BCUT2D eigenvalue weighted by atomic mass is 9.86. The molecule has 1 aliphatic rings. The number of hydrogen-bond acceptors (Lipinski definition) is 2. The summed E-state index contributed by atoms with van der Waals surface area (Å²) in [4.78, 5) is 12.7. The molecular weight excluding hydrogens is 272 g/mol. The molecule has 3 heteroatoms. The van der Waals surface area contributed by atoms with Crippen molar-refractivity contribution in [3.8, 4) is 0 Å². The quantitative estimate of drug-likeness (QED) is 0.914. The van der Waals surface area contributed by atoms with Crippen LogP contribution in [0.4, 0.5) is 0 Å². The Kier molecular flexibility index (Phi) is 3.99. The Balaban J connectivity index is 1.81. The second-order valence-corrected chi connectivity index (χ2v) is 6.19. The number of nitrogens with one attached hydrogen (secondary N) is 1. The van der Waals surface area contributed by atoms with Crippen LogP contribution in [0.15, 0.2) is 54.6 Å². The third kappa shape index (κ3) is 2.77. The molecule has 2 aromatic carbocycles. The highest BCUT2D eigenvalue weighted by molar-refractivity contribution is 5.87. The highest BCUT2D eigenvalue weighted by Gasteiger charge is 2.33. The molecule has 0 saturated heterocycles. The number of rotatable bonds is 3. The summed E-state index contributed by atoms with van der Waals surface area (Å²) in [5, 5.41) is 3.15. The Bertz CT molecular complexity index is 664. The molecule has 0 aromatic heterocycles. The highest BCUT2D eigenvalue weighted by atomic mass is 16.2. The van der Waals surface area contributed by atoms with E-state index in [1.165, 1.54) is 11.1 Å². The third-order valence-corrected chi connectivity index (χ3v) is 4.52. The van der Waals surface area contributed by atoms with Crippen molar-refractivity contribution in [2.45, 2.75) is 37.8 Å². The summed E-state index contributed by atoms with van der Waals surface area (Å²) in [6.45, 7) is 1.77. The molecule has 2 aromatic rings. The fourth-order valence-electron chi connectivity index (χ4n) is 3.13. The summed E-state index contributed by atoms with van der Waals surface area (Å²) < 4.78 is 0. The van der Waals surface area contributed by atoms with Crippen LogP contribution >= 0.6 is 0 Å². The van der Waals surface area contributed by atoms with E-state index in [1.807, 2.05) is 36.4 Å². The lowest BCUT2D eigenvalue weighted by molar-refractivity contribution is -0.127. The summed E-state index contributed by atoms with van der Waals surface area (Å²) in [6, 6.07) is 17.9. The zero-order valence-corrected chi connectivity index (χ0v) is 12.9. The van der Waals surface area contributed by atoms with Gasteiger partial charge in [0.05, 0.1) is 6.04 Å². The zero-order chi connectivity index (χ0) is 15.6. The molecule has 0 bridgehead atoms. The molecule has 0 heterocycles. The predicted octanol–water partition coefficient (Wildman–Crippen LogP) is 3.05. The molecular formula is C19H22N2O. The van der Waals surface area contributed by atoms with Gasteiger partial charge in [-0.3, -0.25) is 4.79 Å². The lowest BCUT2D eigenvalue weighted by Crippen LogP contribution is -2.50. The minimum absolute atomic E-state index is 0.0593. The van der Waals surface area contributed by atoms with Crippen LogP contribution in [0.3, 0.4) is 0 Å². The van der Waals surface area contributed by atoms with Crippen LogP contribution in [-0.2, 0) is 16.8 Å². The molecule has 2 atom stereocenters. The van der Waals surface area contributed by atoms with Crippen LogP contribution in [0, 0.1) is 0 Å². The van der Waals surface area contributed by atoms with E-state index in [0.717, 1.165) is 24.8 Å². The van der Waals surface area contributed by atoms with E-state index < -0.39 is 5.54 Å². The van der Waals surface area contributed by atoms with E-state index in [0.29, 0.717) is 0 Å². The molecule has 3 nitrogen and oxygen atoms in total. The Hall–Kier alpha value is -2.13. The summed E-state index contributed by atoms with van der Waals surface area (Å²) in [5.41, 5.74) is 8.68. The minimum Gasteiger partial charge on any atom is -0.347 e. The molecule has 0 saturated carbocycles. The molecule has 2 unspecified atom stereocenters.